The molecule has 0 unspecified atom stereocenters. The number of carbonyl (C=O) groups is 2. The molecule has 0 saturated carbocycles. The van der Waals surface area contributed by atoms with Crippen LogP contribution in [-0.2, 0) is 0 Å². The van der Waals surface area contributed by atoms with Gasteiger partial charge in [0.05, 0.1) is 12.8 Å². The van der Waals surface area contributed by atoms with Crippen molar-refractivity contribution in [3.05, 3.63) is 71.6 Å². The summed E-state index contributed by atoms with van der Waals surface area (Å²) in [5.74, 6) is -0.317. The van der Waals surface area contributed by atoms with E-state index in [4.69, 9.17) is 9.15 Å². The lowest BCUT2D eigenvalue weighted by atomic mass is 10.2. The van der Waals surface area contributed by atoms with E-state index in [0.717, 1.165) is 5.56 Å². The van der Waals surface area contributed by atoms with Gasteiger partial charge in [0.25, 0.3) is 11.8 Å². The van der Waals surface area contributed by atoms with Crippen LogP contribution in [0.4, 0.5) is 11.7 Å². The van der Waals surface area contributed by atoms with Gasteiger partial charge in [-0.25, -0.2) is 0 Å². The number of nitrogens with zero attached hydrogens (tertiary/aromatic N) is 1. The molecule has 0 aliphatic carbocycles. The summed E-state index contributed by atoms with van der Waals surface area (Å²) in [6.45, 7) is 1.91. The van der Waals surface area contributed by atoms with Crippen molar-refractivity contribution in [2.24, 2.45) is 0 Å². The number of nitrogens with one attached hydrogen (secondary N) is 2. The van der Waals surface area contributed by atoms with Crippen LogP contribution in [0.1, 0.15) is 26.4 Å². The molecule has 2 aromatic carbocycles. The number of aromatic nitrogens is 1. The maximum Gasteiger partial charge on any atom is 0.302 e. The highest BCUT2D eigenvalue weighted by atomic mass is 16.5. The maximum absolute atomic E-state index is 12.4. The van der Waals surface area contributed by atoms with E-state index in [2.05, 4.69) is 15.6 Å². The minimum absolute atomic E-state index is 0.0388. The highest BCUT2D eigenvalue weighted by Gasteiger charge is 2.16. The van der Waals surface area contributed by atoms with Crippen LogP contribution < -0.4 is 15.4 Å². The van der Waals surface area contributed by atoms with Crippen LogP contribution in [0.5, 0.6) is 5.75 Å². The lowest BCUT2D eigenvalue weighted by molar-refractivity contribution is 0.101. The van der Waals surface area contributed by atoms with Crippen LogP contribution in [0, 0.1) is 6.92 Å². The van der Waals surface area contributed by atoms with Crippen LogP contribution in [-0.4, -0.2) is 23.9 Å². The highest BCUT2D eigenvalue weighted by Crippen LogP contribution is 2.25. The Kier molecular flexibility index (Phi) is 4.98. The van der Waals surface area contributed by atoms with Gasteiger partial charge >= 0.3 is 6.01 Å². The van der Waals surface area contributed by atoms with Gasteiger partial charge < -0.3 is 14.5 Å². The van der Waals surface area contributed by atoms with E-state index in [0.29, 0.717) is 17.0 Å². The second-order valence-electron chi connectivity index (χ2n) is 5.52. The van der Waals surface area contributed by atoms with Gasteiger partial charge in [-0.2, -0.15) is 4.98 Å². The number of aryl methyl sites for hydroxylation is 1. The fraction of sp³-hybridized carbons (Fsp3) is 0.105. The molecule has 132 valence electrons. The zero-order chi connectivity index (χ0) is 18.5. The molecule has 0 aliphatic heterocycles. The lowest BCUT2D eigenvalue weighted by Gasteiger charge is -2.09. The number of benzene rings is 2. The van der Waals surface area contributed by atoms with E-state index in [1.54, 1.807) is 36.4 Å². The van der Waals surface area contributed by atoms with Crippen molar-refractivity contribution in [2.75, 3.05) is 17.7 Å². The Balaban J connectivity index is 1.70. The number of anilines is 2. The number of amides is 2. The molecular formula is C19H17N3O4. The largest absolute Gasteiger partial charge is 0.495 e. The van der Waals surface area contributed by atoms with Gasteiger partial charge in [0.2, 0.25) is 0 Å². The normalized spacial score (nSPS) is 10.2. The number of hydrogen-bond acceptors (Lipinski definition) is 5. The molecule has 0 atom stereocenters. The Labute approximate surface area is 150 Å². The summed E-state index contributed by atoms with van der Waals surface area (Å²) in [7, 11) is 1.52. The van der Waals surface area contributed by atoms with Gasteiger partial charge in [-0.3, -0.25) is 14.9 Å². The maximum atomic E-state index is 12.4. The van der Waals surface area contributed by atoms with E-state index in [1.165, 1.54) is 13.4 Å². The highest BCUT2D eigenvalue weighted by molar-refractivity contribution is 6.05. The van der Waals surface area contributed by atoms with E-state index >= 15 is 0 Å². The van der Waals surface area contributed by atoms with Crippen molar-refractivity contribution in [2.45, 2.75) is 6.92 Å². The van der Waals surface area contributed by atoms with Gasteiger partial charge in [0.15, 0.2) is 5.69 Å². The van der Waals surface area contributed by atoms with Gasteiger partial charge in [0, 0.05) is 5.56 Å². The second kappa shape index (κ2) is 7.52. The van der Waals surface area contributed by atoms with Crippen LogP contribution in [0.3, 0.4) is 0 Å². The average Bonchev–Trinajstić information content (AvgIpc) is 3.11. The predicted molar refractivity (Wildman–Crippen MR) is 96.6 cm³/mol. The van der Waals surface area contributed by atoms with Gasteiger partial charge in [-0.1, -0.05) is 24.3 Å². The Hall–Kier alpha value is -3.61. The average molecular weight is 351 g/mol. The van der Waals surface area contributed by atoms with Crippen molar-refractivity contribution >= 4 is 23.5 Å². The molecule has 0 bridgehead atoms. The molecule has 1 heterocycles. The Morgan fingerprint density at radius 2 is 1.81 bits per heavy atom. The third-order valence-corrected chi connectivity index (χ3v) is 3.60. The number of carbonyl (C=O) groups excluding carboxylic acids is 2. The van der Waals surface area contributed by atoms with Crippen molar-refractivity contribution in [1.82, 2.24) is 4.98 Å². The first kappa shape index (κ1) is 17.2. The molecule has 0 saturated heterocycles. The van der Waals surface area contributed by atoms with E-state index in [-0.39, 0.29) is 17.6 Å². The zero-order valence-corrected chi connectivity index (χ0v) is 14.3. The summed E-state index contributed by atoms with van der Waals surface area (Å²) in [5.41, 5.74) is 1.99. The van der Waals surface area contributed by atoms with Crippen LogP contribution >= 0.6 is 0 Å². The summed E-state index contributed by atoms with van der Waals surface area (Å²) < 4.78 is 10.4. The van der Waals surface area contributed by atoms with Crippen LogP contribution in [0.2, 0.25) is 0 Å². The van der Waals surface area contributed by atoms with E-state index < -0.39 is 5.91 Å². The molecule has 0 radical (unpaired) electrons. The minimum atomic E-state index is -0.474. The molecule has 2 amide bonds. The van der Waals surface area contributed by atoms with Crippen molar-refractivity contribution in [3.8, 4) is 5.75 Å². The van der Waals surface area contributed by atoms with E-state index in [1.807, 2.05) is 19.1 Å². The second-order valence-corrected chi connectivity index (χ2v) is 5.52. The first-order valence-corrected chi connectivity index (χ1v) is 7.85. The Morgan fingerprint density at radius 1 is 1.04 bits per heavy atom. The van der Waals surface area contributed by atoms with Gasteiger partial charge in [-0.05, 0) is 36.8 Å². The fourth-order valence-corrected chi connectivity index (χ4v) is 2.30. The number of methoxy groups -OCH3 is 1. The third kappa shape index (κ3) is 3.89. The molecule has 3 rings (SSSR count). The molecule has 7 heteroatoms. The first-order valence-electron chi connectivity index (χ1n) is 7.85. The predicted octanol–water partition coefficient (Wildman–Crippen LogP) is 3.50. The van der Waals surface area contributed by atoms with E-state index in [9.17, 15) is 9.59 Å². The number of ether oxygens (including phenoxy) is 1. The van der Waals surface area contributed by atoms with Crippen molar-refractivity contribution in [3.63, 3.8) is 0 Å². The van der Waals surface area contributed by atoms with Crippen LogP contribution in [0.15, 0.2) is 59.2 Å². The van der Waals surface area contributed by atoms with Gasteiger partial charge in [0.1, 0.15) is 12.0 Å². The monoisotopic (exact) mass is 351 g/mol. The third-order valence-electron chi connectivity index (χ3n) is 3.60. The summed E-state index contributed by atoms with van der Waals surface area (Å²) in [4.78, 5) is 28.4. The van der Waals surface area contributed by atoms with Crippen molar-refractivity contribution in [1.29, 1.82) is 0 Å². The fourth-order valence-electron chi connectivity index (χ4n) is 2.30. The minimum Gasteiger partial charge on any atom is -0.495 e. The molecule has 2 N–H and O–H groups in total. The molecule has 3 aromatic rings. The molecule has 0 aliphatic rings. The summed E-state index contributed by atoms with van der Waals surface area (Å²) in [6.07, 6.45) is 1.18. The first-order chi connectivity index (χ1) is 12.6. The zero-order valence-electron chi connectivity index (χ0n) is 14.3. The molecule has 0 spiro atoms. The lowest BCUT2D eigenvalue weighted by Crippen LogP contribution is -2.14. The summed E-state index contributed by atoms with van der Waals surface area (Å²) >= 11 is 0. The van der Waals surface area contributed by atoms with Gasteiger partial charge in [-0.15, -0.1) is 0 Å². The molecule has 0 fully saturated rings. The summed E-state index contributed by atoms with van der Waals surface area (Å²) in [6, 6.07) is 14.0. The number of rotatable bonds is 5. The number of oxazole rings is 1. The Morgan fingerprint density at radius 3 is 2.54 bits per heavy atom. The SMILES string of the molecule is COc1ccc(C)cc1NC(=O)c1coc(NC(=O)c2ccccc2)n1. The standard InChI is InChI=1S/C19H17N3O4/c1-12-8-9-16(25-2)14(10-12)20-18(24)15-11-26-19(21-15)22-17(23)13-6-4-3-5-7-13/h3-11H,1-2H3,(H,20,24)(H,21,22,23). The molecule has 7 nitrogen and oxygen atoms in total. The topological polar surface area (TPSA) is 93.5 Å². The summed E-state index contributed by atoms with van der Waals surface area (Å²) in [5, 5.41) is 5.23. The smallest absolute Gasteiger partial charge is 0.302 e. The van der Waals surface area contributed by atoms with Crippen molar-refractivity contribution < 1.29 is 18.7 Å². The molecule has 1 aromatic heterocycles. The quantitative estimate of drug-likeness (QED) is 0.734. The van der Waals surface area contributed by atoms with Crippen LogP contribution in [0.25, 0.3) is 0 Å². The molecular weight excluding hydrogens is 334 g/mol. The molecule has 26 heavy (non-hydrogen) atoms. The Bertz CT molecular complexity index is 935. The number of hydrogen-bond donors (Lipinski definition) is 2.